The van der Waals surface area contributed by atoms with Crippen molar-refractivity contribution in [2.75, 3.05) is 13.2 Å². The molecular weight excluding hydrogens is 226 g/mol. The van der Waals surface area contributed by atoms with Crippen LogP contribution in [0.5, 0.6) is 0 Å². The van der Waals surface area contributed by atoms with Crippen molar-refractivity contribution in [2.24, 2.45) is 0 Å². The van der Waals surface area contributed by atoms with Crippen molar-refractivity contribution in [3.05, 3.63) is 38.0 Å². The number of aliphatic hydroxyl groups is 1. The molecule has 0 aliphatic heterocycles. The van der Waals surface area contributed by atoms with Crippen molar-refractivity contribution in [1.29, 1.82) is 5.26 Å². The second kappa shape index (κ2) is 19.2. The molecule has 0 spiro atoms. The predicted octanol–water partition coefficient (Wildman–Crippen LogP) is 0.661. The number of allylic oxidation sites excluding steroid dienone is 1. The number of nitrogens with zero attached hydrogens (tertiary/aromatic N) is 1. The van der Waals surface area contributed by atoms with E-state index in [9.17, 15) is 9.59 Å². The van der Waals surface area contributed by atoms with Gasteiger partial charge in [-0.3, -0.25) is 0 Å². The van der Waals surface area contributed by atoms with Gasteiger partial charge in [0.25, 0.3) is 0 Å². The minimum Gasteiger partial charge on any atom is -0.478 e. The molecule has 0 aliphatic rings. The maximum atomic E-state index is 10.1. The summed E-state index contributed by atoms with van der Waals surface area (Å²) in [6, 6.07) is 1.69. The molecule has 0 saturated carbocycles. The van der Waals surface area contributed by atoms with E-state index in [-0.39, 0.29) is 13.2 Å². The van der Waals surface area contributed by atoms with Crippen LogP contribution in [0.2, 0.25) is 0 Å². The fraction of sp³-hybridized carbons (Fsp3) is 0.182. The van der Waals surface area contributed by atoms with Crippen molar-refractivity contribution in [2.45, 2.75) is 0 Å². The van der Waals surface area contributed by atoms with E-state index in [1.807, 2.05) is 0 Å². The van der Waals surface area contributed by atoms with Crippen LogP contribution in [-0.4, -0.2) is 35.4 Å². The first-order valence-electron chi connectivity index (χ1n) is 4.26. The Morgan fingerprint density at radius 3 is 1.88 bits per heavy atom. The number of carbonyl (C=O) groups excluding carboxylic acids is 1. The van der Waals surface area contributed by atoms with Crippen LogP contribution in [0.3, 0.4) is 0 Å². The summed E-state index contributed by atoms with van der Waals surface area (Å²) < 4.78 is 4.33. The van der Waals surface area contributed by atoms with E-state index in [2.05, 4.69) is 24.5 Å². The number of esters is 1. The highest BCUT2D eigenvalue weighted by molar-refractivity contribution is 5.81. The monoisotopic (exact) mass is 241 g/mol. The van der Waals surface area contributed by atoms with E-state index in [0.717, 1.165) is 12.2 Å². The largest absolute Gasteiger partial charge is 0.478 e. The lowest BCUT2D eigenvalue weighted by atomic mass is 10.6. The van der Waals surface area contributed by atoms with Gasteiger partial charge >= 0.3 is 11.9 Å². The topological polar surface area (TPSA) is 108 Å². The molecule has 17 heavy (non-hydrogen) atoms. The second-order valence-electron chi connectivity index (χ2n) is 1.97. The minimum absolute atomic E-state index is 0.0465. The van der Waals surface area contributed by atoms with Gasteiger partial charge in [0, 0.05) is 18.2 Å². The molecular formula is C11H15NO5. The lowest BCUT2D eigenvalue weighted by molar-refractivity contribution is -0.138. The van der Waals surface area contributed by atoms with Crippen LogP contribution in [0.1, 0.15) is 0 Å². The maximum Gasteiger partial charge on any atom is 0.330 e. The molecule has 6 heteroatoms. The molecule has 0 unspecified atom stereocenters. The van der Waals surface area contributed by atoms with Gasteiger partial charge in [-0.2, -0.15) is 5.26 Å². The Hall–Kier alpha value is -2.39. The van der Waals surface area contributed by atoms with Gasteiger partial charge < -0.3 is 14.9 Å². The number of nitriles is 1. The summed E-state index contributed by atoms with van der Waals surface area (Å²) in [5.41, 5.74) is 0. The first kappa shape index (κ1) is 20.1. The van der Waals surface area contributed by atoms with E-state index in [4.69, 9.17) is 15.5 Å². The SMILES string of the molecule is C=CC#N.C=CC(=O)O.C=CC(=O)OCCO. The predicted molar refractivity (Wildman–Crippen MR) is 61.9 cm³/mol. The van der Waals surface area contributed by atoms with Crippen LogP contribution in [-0.2, 0) is 14.3 Å². The third kappa shape index (κ3) is 42.0. The van der Waals surface area contributed by atoms with Gasteiger partial charge in [-0.25, -0.2) is 9.59 Å². The number of ether oxygens (including phenoxy) is 1. The summed E-state index contributed by atoms with van der Waals surface area (Å²) in [6.45, 7) is 9.14. The fourth-order valence-electron chi connectivity index (χ4n) is 0.205. The van der Waals surface area contributed by atoms with E-state index in [1.54, 1.807) is 6.07 Å². The molecule has 0 saturated heterocycles. The molecule has 94 valence electrons. The average Bonchev–Trinajstić information content (AvgIpc) is 2.36. The third-order valence-electron chi connectivity index (χ3n) is 0.768. The quantitative estimate of drug-likeness (QED) is 0.425. The van der Waals surface area contributed by atoms with Crippen molar-refractivity contribution in [1.82, 2.24) is 0 Å². The highest BCUT2D eigenvalue weighted by Crippen LogP contribution is 1.75. The van der Waals surface area contributed by atoms with Crippen LogP contribution in [0.15, 0.2) is 38.0 Å². The molecule has 2 N–H and O–H groups in total. The van der Waals surface area contributed by atoms with E-state index in [0.29, 0.717) is 0 Å². The summed E-state index contributed by atoms with van der Waals surface area (Å²) in [6.07, 6.45) is 3.07. The van der Waals surface area contributed by atoms with Crippen LogP contribution < -0.4 is 0 Å². The second-order valence-corrected chi connectivity index (χ2v) is 1.97. The molecule has 0 aromatic rings. The summed E-state index contributed by atoms with van der Waals surface area (Å²) in [7, 11) is 0. The number of aliphatic carboxylic acids is 1. The van der Waals surface area contributed by atoms with Gasteiger partial charge in [-0.05, 0) is 0 Å². The molecule has 0 radical (unpaired) electrons. The summed E-state index contributed by atoms with van der Waals surface area (Å²) >= 11 is 0. The van der Waals surface area contributed by atoms with Crippen molar-refractivity contribution >= 4 is 11.9 Å². The lowest BCUT2D eigenvalue weighted by Gasteiger charge is -1.94. The Balaban J connectivity index is -0.000000188. The number of hydrogen-bond donors (Lipinski definition) is 2. The van der Waals surface area contributed by atoms with Gasteiger partial charge in [0.1, 0.15) is 6.61 Å². The van der Waals surface area contributed by atoms with E-state index in [1.165, 1.54) is 6.08 Å². The molecule has 0 fully saturated rings. The molecule has 0 amide bonds. The van der Waals surface area contributed by atoms with Crippen molar-refractivity contribution in [3.63, 3.8) is 0 Å². The number of aliphatic hydroxyl groups excluding tert-OH is 1. The third-order valence-corrected chi connectivity index (χ3v) is 0.768. The Morgan fingerprint density at radius 2 is 1.71 bits per heavy atom. The highest BCUT2D eigenvalue weighted by atomic mass is 16.5. The Bertz CT molecular complexity index is 291. The van der Waals surface area contributed by atoms with Gasteiger partial charge in [0.2, 0.25) is 0 Å². The zero-order valence-electron chi connectivity index (χ0n) is 9.33. The molecule has 0 aromatic carbocycles. The normalized spacial score (nSPS) is 6.59. The molecule has 0 aliphatic carbocycles. The van der Waals surface area contributed by atoms with Crippen molar-refractivity contribution < 1.29 is 24.5 Å². The van der Waals surface area contributed by atoms with Gasteiger partial charge in [0.05, 0.1) is 12.7 Å². The fourth-order valence-corrected chi connectivity index (χ4v) is 0.205. The van der Waals surface area contributed by atoms with E-state index < -0.39 is 11.9 Å². The molecule has 0 aromatic heterocycles. The lowest BCUT2D eigenvalue weighted by Crippen LogP contribution is -2.04. The number of carboxylic acids is 1. The van der Waals surface area contributed by atoms with Crippen LogP contribution in [0.4, 0.5) is 0 Å². The standard InChI is InChI=1S/C5H8O3.C3H3N.C3H4O2/c1-2-5(7)8-4-3-6;1-2-3-4;1-2-3(4)5/h2,6H,1,3-4H2;2H,1H2;2H,1H2,(H,4,5). The Morgan fingerprint density at radius 1 is 1.29 bits per heavy atom. The summed E-state index contributed by atoms with van der Waals surface area (Å²) in [5, 5.41) is 23.2. The summed E-state index contributed by atoms with van der Waals surface area (Å²) in [5.74, 6) is -1.48. The summed E-state index contributed by atoms with van der Waals surface area (Å²) in [4.78, 5) is 19.4. The number of carbonyl (C=O) groups is 2. The van der Waals surface area contributed by atoms with Gasteiger partial charge in [-0.1, -0.05) is 19.7 Å². The first-order valence-corrected chi connectivity index (χ1v) is 4.26. The maximum absolute atomic E-state index is 10.1. The van der Waals surface area contributed by atoms with Crippen LogP contribution in [0, 0.1) is 11.3 Å². The van der Waals surface area contributed by atoms with Gasteiger partial charge in [0.15, 0.2) is 0 Å². The van der Waals surface area contributed by atoms with Gasteiger partial charge in [-0.15, -0.1) is 0 Å². The highest BCUT2D eigenvalue weighted by Gasteiger charge is 1.90. The first-order chi connectivity index (χ1) is 7.99. The van der Waals surface area contributed by atoms with E-state index >= 15 is 0 Å². The number of hydrogen-bond acceptors (Lipinski definition) is 5. The molecule has 0 heterocycles. The Kier molecular flexibility index (Phi) is 22.7. The minimum atomic E-state index is -0.981. The number of rotatable bonds is 4. The zero-order valence-corrected chi connectivity index (χ0v) is 9.33. The molecule has 0 atom stereocenters. The number of carboxylic acid groups (broad SMARTS) is 1. The molecule has 0 rings (SSSR count). The average molecular weight is 241 g/mol. The van der Waals surface area contributed by atoms with Crippen LogP contribution >= 0.6 is 0 Å². The Labute approximate surface area is 99.7 Å². The zero-order chi connectivity index (χ0) is 14.1. The smallest absolute Gasteiger partial charge is 0.330 e. The molecule has 0 bridgehead atoms. The van der Waals surface area contributed by atoms with Crippen LogP contribution in [0.25, 0.3) is 0 Å². The van der Waals surface area contributed by atoms with Crippen molar-refractivity contribution in [3.8, 4) is 6.07 Å². The molecule has 6 nitrogen and oxygen atoms in total.